The molecule has 6 heteroatoms. The van der Waals surface area contributed by atoms with Crippen LogP contribution in [0.4, 0.5) is 0 Å². The summed E-state index contributed by atoms with van der Waals surface area (Å²) < 4.78 is 2.00. The van der Waals surface area contributed by atoms with E-state index in [0.29, 0.717) is 13.0 Å². The van der Waals surface area contributed by atoms with Gasteiger partial charge in [-0.15, -0.1) is 10.2 Å². The molecule has 0 fully saturated rings. The molecule has 0 aliphatic heterocycles. The van der Waals surface area contributed by atoms with Crippen molar-refractivity contribution < 1.29 is 4.79 Å². The van der Waals surface area contributed by atoms with Gasteiger partial charge in [-0.1, -0.05) is 36.9 Å². The van der Waals surface area contributed by atoms with Crippen LogP contribution >= 0.6 is 11.8 Å². The van der Waals surface area contributed by atoms with E-state index in [9.17, 15) is 4.79 Å². The average Bonchev–Trinajstić information content (AvgIpc) is 2.88. The fourth-order valence-electron chi connectivity index (χ4n) is 1.91. The number of aryl methyl sites for hydroxylation is 1. The Balaban J connectivity index is 2.38. The second-order valence-corrected chi connectivity index (χ2v) is 5.13. The van der Waals surface area contributed by atoms with Gasteiger partial charge in [0.15, 0.2) is 11.0 Å². The molecular weight excluding hydrogens is 272 g/mol. The first-order valence-electron chi connectivity index (χ1n) is 6.48. The van der Waals surface area contributed by atoms with Gasteiger partial charge in [0.25, 0.3) is 0 Å². The van der Waals surface area contributed by atoms with Crippen molar-refractivity contribution in [1.29, 1.82) is 0 Å². The van der Waals surface area contributed by atoms with E-state index < -0.39 is 0 Å². The van der Waals surface area contributed by atoms with Gasteiger partial charge < -0.3 is 5.32 Å². The molecule has 0 radical (unpaired) electrons. The number of rotatable bonds is 5. The fourth-order valence-corrected chi connectivity index (χ4v) is 2.41. The van der Waals surface area contributed by atoms with E-state index in [0.717, 1.165) is 22.2 Å². The van der Waals surface area contributed by atoms with Gasteiger partial charge in [0.1, 0.15) is 0 Å². The van der Waals surface area contributed by atoms with Gasteiger partial charge >= 0.3 is 0 Å². The van der Waals surface area contributed by atoms with Gasteiger partial charge in [-0.2, -0.15) is 0 Å². The standard InChI is InChI=1S/C14H18N4OS/c1-4-13(19)15-9-12-16-17-14(20-3)18(12)11-8-6-5-7-10(11)2/h5-8H,4,9H2,1-3H3,(H,15,19). The lowest BCUT2D eigenvalue weighted by Gasteiger charge is -2.12. The maximum absolute atomic E-state index is 11.4. The number of aromatic nitrogens is 3. The number of amides is 1. The fraction of sp³-hybridized carbons (Fsp3) is 0.357. The normalized spacial score (nSPS) is 10.6. The molecular formula is C14H18N4OS. The highest BCUT2D eigenvalue weighted by molar-refractivity contribution is 7.98. The van der Waals surface area contributed by atoms with Gasteiger partial charge in [0, 0.05) is 6.42 Å². The lowest BCUT2D eigenvalue weighted by molar-refractivity contribution is -0.120. The van der Waals surface area contributed by atoms with Crippen molar-refractivity contribution in [3.8, 4) is 5.69 Å². The summed E-state index contributed by atoms with van der Waals surface area (Å²) in [5.74, 6) is 0.750. The molecule has 1 amide bonds. The summed E-state index contributed by atoms with van der Waals surface area (Å²) in [6.45, 7) is 4.26. The first-order chi connectivity index (χ1) is 9.67. The largest absolute Gasteiger partial charge is 0.349 e. The van der Waals surface area contributed by atoms with E-state index in [1.54, 1.807) is 0 Å². The third-order valence-corrected chi connectivity index (χ3v) is 3.63. The zero-order chi connectivity index (χ0) is 14.5. The molecule has 2 aromatic rings. The molecule has 0 saturated carbocycles. The number of thioether (sulfide) groups is 1. The molecule has 1 heterocycles. The Hall–Kier alpha value is -1.82. The number of nitrogens with one attached hydrogen (secondary N) is 1. The Kier molecular flexibility index (Phi) is 4.79. The highest BCUT2D eigenvalue weighted by atomic mass is 32.2. The van der Waals surface area contributed by atoms with Crippen LogP contribution < -0.4 is 5.32 Å². The van der Waals surface area contributed by atoms with E-state index in [2.05, 4.69) is 15.5 Å². The number of hydrogen-bond acceptors (Lipinski definition) is 4. The van der Waals surface area contributed by atoms with Crippen molar-refractivity contribution in [2.75, 3.05) is 6.26 Å². The maximum atomic E-state index is 11.4. The number of hydrogen-bond donors (Lipinski definition) is 1. The zero-order valence-corrected chi connectivity index (χ0v) is 12.7. The molecule has 0 aliphatic carbocycles. The van der Waals surface area contributed by atoms with Crippen LogP contribution in [0.15, 0.2) is 29.4 Å². The van der Waals surface area contributed by atoms with Crippen molar-refractivity contribution in [3.05, 3.63) is 35.7 Å². The van der Waals surface area contributed by atoms with Crippen molar-refractivity contribution >= 4 is 17.7 Å². The topological polar surface area (TPSA) is 59.8 Å². The minimum atomic E-state index is 0.00929. The molecule has 0 spiro atoms. The van der Waals surface area contributed by atoms with Gasteiger partial charge in [0.05, 0.1) is 12.2 Å². The SMILES string of the molecule is CCC(=O)NCc1nnc(SC)n1-c1ccccc1C. The minimum absolute atomic E-state index is 0.00929. The van der Waals surface area contributed by atoms with Gasteiger partial charge in [-0.05, 0) is 24.8 Å². The molecule has 20 heavy (non-hydrogen) atoms. The van der Waals surface area contributed by atoms with Crippen LogP contribution in [0.5, 0.6) is 0 Å². The molecule has 0 unspecified atom stereocenters. The van der Waals surface area contributed by atoms with E-state index in [1.165, 1.54) is 11.8 Å². The van der Waals surface area contributed by atoms with Crippen LogP contribution in [0.25, 0.3) is 5.69 Å². The Morgan fingerprint density at radius 1 is 1.35 bits per heavy atom. The predicted molar refractivity (Wildman–Crippen MR) is 80.0 cm³/mol. The quantitative estimate of drug-likeness (QED) is 0.859. The van der Waals surface area contributed by atoms with Crippen molar-refractivity contribution in [2.24, 2.45) is 0 Å². The molecule has 0 bridgehead atoms. The Morgan fingerprint density at radius 2 is 2.10 bits per heavy atom. The van der Waals surface area contributed by atoms with Gasteiger partial charge in [-0.3, -0.25) is 9.36 Å². The number of carbonyl (C=O) groups excluding carboxylic acids is 1. The molecule has 0 saturated heterocycles. The molecule has 0 atom stereocenters. The van der Waals surface area contributed by atoms with E-state index in [4.69, 9.17) is 0 Å². The Morgan fingerprint density at radius 3 is 2.75 bits per heavy atom. The van der Waals surface area contributed by atoms with E-state index in [1.807, 2.05) is 48.9 Å². The van der Waals surface area contributed by atoms with Crippen molar-refractivity contribution in [2.45, 2.75) is 32.0 Å². The highest BCUT2D eigenvalue weighted by Gasteiger charge is 2.14. The number of nitrogens with zero attached hydrogens (tertiary/aromatic N) is 3. The third-order valence-electron chi connectivity index (χ3n) is 3.00. The van der Waals surface area contributed by atoms with E-state index in [-0.39, 0.29) is 5.91 Å². The highest BCUT2D eigenvalue weighted by Crippen LogP contribution is 2.22. The summed E-state index contributed by atoms with van der Waals surface area (Å²) in [6, 6.07) is 8.07. The summed E-state index contributed by atoms with van der Waals surface area (Å²) >= 11 is 1.54. The van der Waals surface area contributed by atoms with Crippen LogP contribution in [-0.2, 0) is 11.3 Å². The third kappa shape index (κ3) is 3.01. The smallest absolute Gasteiger partial charge is 0.220 e. The van der Waals surface area contributed by atoms with Crippen LogP contribution in [0.3, 0.4) is 0 Å². The number of benzene rings is 1. The first-order valence-corrected chi connectivity index (χ1v) is 7.70. The van der Waals surface area contributed by atoms with E-state index >= 15 is 0 Å². The molecule has 1 N–H and O–H groups in total. The molecule has 2 rings (SSSR count). The summed E-state index contributed by atoms with van der Waals surface area (Å²) in [4.78, 5) is 11.4. The van der Waals surface area contributed by atoms with Crippen LogP contribution in [-0.4, -0.2) is 26.9 Å². The summed E-state index contributed by atoms with van der Waals surface area (Å²) in [5, 5.41) is 12.0. The summed E-state index contributed by atoms with van der Waals surface area (Å²) in [6.07, 6.45) is 2.43. The molecule has 106 valence electrons. The monoisotopic (exact) mass is 290 g/mol. The second kappa shape index (κ2) is 6.56. The van der Waals surface area contributed by atoms with Crippen molar-refractivity contribution in [1.82, 2.24) is 20.1 Å². The zero-order valence-electron chi connectivity index (χ0n) is 11.9. The Bertz CT molecular complexity index is 609. The average molecular weight is 290 g/mol. The lowest BCUT2D eigenvalue weighted by Crippen LogP contribution is -2.23. The summed E-state index contributed by atoms with van der Waals surface area (Å²) in [5.41, 5.74) is 2.19. The number of para-hydroxylation sites is 1. The second-order valence-electron chi connectivity index (χ2n) is 4.36. The molecule has 1 aromatic carbocycles. The van der Waals surface area contributed by atoms with Crippen LogP contribution in [0.2, 0.25) is 0 Å². The van der Waals surface area contributed by atoms with Crippen molar-refractivity contribution in [3.63, 3.8) is 0 Å². The maximum Gasteiger partial charge on any atom is 0.220 e. The molecule has 5 nitrogen and oxygen atoms in total. The first kappa shape index (κ1) is 14.6. The van der Waals surface area contributed by atoms with Crippen LogP contribution in [0.1, 0.15) is 24.7 Å². The molecule has 0 aliphatic rings. The lowest BCUT2D eigenvalue weighted by atomic mass is 10.2. The van der Waals surface area contributed by atoms with Crippen LogP contribution in [0, 0.1) is 6.92 Å². The number of carbonyl (C=O) groups is 1. The summed E-state index contributed by atoms with van der Waals surface area (Å²) in [7, 11) is 0. The molecule has 1 aromatic heterocycles. The van der Waals surface area contributed by atoms with Gasteiger partial charge in [-0.25, -0.2) is 0 Å². The predicted octanol–water partition coefficient (Wildman–Crippen LogP) is 2.32. The minimum Gasteiger partial charge on any atom is -0.349 e. The van der Waals surface area contributed by atoms with Gasteiger partial charge in [0.2, 0.25) is 5.91 Å². The Labute approximate surface area is 122 Å².